The van der Waals surface area contributed by atoms with Crippen molar-refractivity contribution >= 4 is 11.0 Å². The number of rotatable bonds is 4. The Morgan fingerprint density at radius 3 is 2.57 bits per heavy atom. The maximum absolute atomic E-state index is 11.8. The standard InChI is InChI=1S/C20H24O10/c1-20(2,26)11-6-9-5-8-3-4-12(22)29-16(8)18(17(9)28-11)30-19-15(25)14(24)13(23)10(7-21)27-19/h3-5,10-11,13-15,19,21,23-26H,6-7H2,1-2H3/t10-,11+,13-,14+,15-,19+/m1/s1. The van der Waals surface area contributed by atoms with Crippen molar-refractivity contribution in [3.8, 4) is 11.5 Å². The molecule has 2 aliphatic heterocycles. The van der Waals surface area contributed by atoms with Gasteiger partial charge in [-0.2, -0.15) is 0 Å². The quantitative estimate of drug-likeness (QED) is 0.387. The lowest BCUT2D eigenvalue weighted by molar-refractivity contribution is -0.277. The Bertz CT molecular complexity index is 991. The largest absolute Gasteiger partial charge is 0.483 e. The number of hydrogen-bond donors (Lipinski definition) is 5. The van der Waals surface area contributed by atoms with Crippen molar-refractivity contribution in [1.29, 1.82) is 0 Å². The van der Waals surface area contributed by atoms with Crippen LogP contribution in [0.4, 0.5) is 0 Å². The third-order valence-electron chi connectivity index (χ3n) is 5.43. The first kappa shape index (κ1) is 21.0. The van der Waals surface area contributed by atoms with Gasteiger partial charge in [0.25, 0.3) is 0 Å². The molecule has 10 heteroatoms. The van der Waals surface area contributed by atoms with Gasteiger partial charge in [-0.15, -0.1) is 0 Å². The molecule has 4 rings (SSSR count). The molecule has 0 amide bonds. The maximum Gasteiger partial charge on any atom is 0.336 e. The molecule has 10 nitrogen and oxygen atoms in total. The Balaban J connectivity index is 1.78. The van der Waals surface area contributed by atoms with Crippen LogP contribution in [-0.4, -0.2) is 74.6 Å². The Labute approximate surface area is 170 Å². The SMILES string of the molecule is CC(C)(O)[C@@H]1Cc2cc3ccc(=O)oc3c(O[C@@H]3O[C@H](CO)[C@@H](O)[C@H](O)[C@H]3O)c2O1. The van der Waals surface area contributed by atoms with Crippen molar-refractivity contribution in [1.82, 2.24) is 0 Å². The molecule has 1 fully saturated rings. The van der Waals surface area contributed by atoms with Crippen molar-refractivity contribution in [2.75, 3.05) is 6.61 Å². The maximum atomic E-state index is 11.8. The van der Waals surface area contributed by atoms with Gasteiger partial charge in [-0.25, -0.2) is 4.79 Å². The van der Waals surface area contributed by atoms with Crippen LogP contribution >= 0.6 is 0 Å². The molecule has 30 heavy (non-hydrogen) atoms. The molecule has 5 N–H and O–H groups in total. The summed E-state index contributed by atoms with van der Waals surface area (Å²) in [5.74, 6) is 0.164. The highest BCUT2D eigenvalue weighted by atomic mass is 16.7. The molecule has 6 atom stereocenters. The lowest BCUT2D eigenvalue weighted by Crippen LogP contribution is -2.60. The summed E-state index contributed by atoms with van der Waals surface area (Å²) < 4.78 is 22.4. The monoisotopic (exact) mass is 424 g/mol. The van der Waals surface area contributed by atoms with Gasteiger partial charge in [0.15, 0.2) is 11.3 Å². The van der Waals surface area contributed by atoms with Gasteiger partial charge in [0.1, 0.15) is 30.5 Å². The van der Waals surface area contributed by atoms with Crippen LogP contribution in [0.1, 0.15) is 19.4 Å². The lowest BCUT2D eigenvalue weighted by Gasteiger charge is -2.39. The summed E-state index contributed by atoms with van der Waals surface area (Å²) in [6, 6.07) is 4.54. The minimum Gasteiger partial charge on any atom is -0.483 e. The fraction of sp³-hybridized carbons (Fsp3) is 0.550. The van der Waals surface area contributed by atoms with Crippen LogP contribution < -0.4 is 15.1 Å². The first-order valence-corrected chi connectivity index (χ1v) is 9.56. The zero-order valence-corrected chi connectivity index (χ0v) is 16.4. The fourth-order valence-corrected chi connectivity index (χ4v) is 3.67. The van der Waals surface area contributed by atoms with Gasteiger partial charge < -0.3 is 44.2 Å². The smallest absolute Gasteiger partial charge is 0.336 e. The highest BCUT2D eigenvalue weighted by Crippen LogP contribution is 2.46. The number of aliphatic hydroxyl groups is 5. The van der Waals surface area contributed by atoms with Gasteiger partial charge in [0.2, 0.25) is 12.0 Å². The summed E-state index contributed by atoms with van der Waals surface area (Å²) in [5, 5.41) is 50.6. The average molecular weight is 424 g/mol. The molecule has 3 heterocycles. The predicted octanol–water partition coefficient (Wildman–Crippen LogP) is -0.954. The van der Waals surface area contributed by atoms with Crippen LogP contribution in [-0.2, 0) is 11.2 Å². The molecule has 0 spiro atoms. The summed E-state index contributed by atoms with van der Waals surface area (Å²) >= 11 is 0. The van der Waals surface area contributed by atoms with E-state index in [0.29, 0.717) is 17.4 Å². The minimum absolute atomic E-state index is 0.0367. The Morgan fingerprint density at radius 2 is 1.90 bits per heavy atom. The van der Waals surface area contributed by atoms with Crippen LogP contribution in [0, 0.1) is 0 Å². The second-order valence-electron chi connectivity index (χ2n) is 8.15. The van der Waals surface area contributed by atoms with E-state index in [1.54, 1.807) is 26.0 Å². The first-order valence-electron chi connectivity index (χ1n) is 9.56. The molecule has 0 unspecified atom stereocenters. The third kappa shape index (κ3) is 3.55. The second-order valence-corrected chi connectivity index (χ2v) is 8.15. The van der Waals surface area contributed by atoms with E-state index in [1.807, 2.05) is 0 Å². The van der Waals surface area contributed by atoms with Crippen LogP contribution in [0.2, 0.25) is 0 Å². The summed E-state index contributed by atoms with van der Waals surface area (Å²) in [5.41, 5.74) is -1.09. The summed E-state index contributed by atoms with van der Waals surface area (Å²) in [6.45, 7) is 2.58. The van der Waals surface area contributed by atoms with Gasteiger partial charge in [-0.1, -0.05) is 0 Å². The average Bonchev–Trinajstić information content (AvgIpc) is 3.12. The van der Waals surface area contributed by atoms with Crippen molar-refractivity contribution in [3.63, 3.8) is 0 Å². The second kappa shape index (κ2) is 7.49. The molecular weight excluding hydrogens is 400 g/mol. The van der Waals surface area contributed by atoms with E-state index in [0.717, 1.165) is 0 Å². The number of hydrogen-bond acceptors (Lipinski definition) is 10. The zero-order valence-electron chi connectivity index (χ0n) is 16.4. The summed E-state index contributed by atoms with van der Waals surface area (Å²) in [6.07, 6.45) is -7.75. The number of ether oxygens (including phenoxy) is 3. The van der Waals surface area contributed by atoms with E-state index in [4.69, 9.17) is 18.6 Å². The van der Waals surface area contributed by atoms with Crippen LogP contribution in [0.15, 0.2) is 27.4 Å². The third-order valence-corrected chi connectivity index (χ3v) is 5.43. The van der Waals surface area contributed by atoms with Gasteiger partial charge in [-0.3, -0.25) is 0 Å². The van der Waals surface area contributed by atoms with Crippen molar-refractivity contribution in [3.05, 3.63) is 34.2 Å². The van der Waals surface area contributed by atoms with Crippen LogP contribution in [0.25, 0.3) is 11.0 Å². The molecule has 1 aromatic carbocycles. The Kier molecular flexibility index (Phi) is 5.25. The molecule has 0 aliphatic carbocycles. The predicted molar refractivity (Wildman–Crippen MR) is 101 cm³/mol. The van der Waals surface area contributed by atoms with Crippen molar-refractivity contribution < 1.29 is 44.2 Å². The summed E-state index contributed by atoms with van der Waals surface area (Å²) in [4.78, 5) is 11.8. The van der Waals surface area contributed by atoms with Gasteiger partial charge in [-0.05, 0) is 26.0 Å². The topological polar surface area (TPSA) is 159 Å². The van der Waals surface area contributed by atoms with E-state index < -0.39 is 54.6 Å². The molecule has 2 aromatic rings. The number of benzene rings is 1. The van der Waals surface area contributed by atoms with E-state index >= 15 is 0 Å². The zero-order chi connectivity index (χ0) is 21.8. The van der Waals surface area contributed by atoms with E-state index in [-0.39, 0.29) is 17.1 Å². The molecule has 2 aliphatic rings. The van der Waals surface area contributed by atoms with E-state index in [1.165, 1.54) is 6.07 Å². The minimum atomic E-state index is -1.66. The fourth-order valence-electron chi connectivity index (χ4n) is 3.67. The molecule has 0 saturated carbocycles. The first-order chi connectivity index (χ1) is 14.1. The normalized spacial score (nSPS) is 31.4. The molecular formula is C20H24O10. The number of aliphatic hydroxyl groups excluding tert-OH is 4. The van der Waals surface area contributed by atoms with E-state index in [9.17, 15) is 30.3 Å². The molecule has 0 radical (unpaired) electrons. The van der Waals surface area contributed by atoms with Gasteiger partial charge in [0, 0.05) is 23.4 Å². The molecule has 164 valence electrons. The van der Waals surface area contributed by atoms with Crippen molar-refractivity contribution in [2.24, 2.45) is 0 Å². The Morgan fingerprint density at radius 1 is 1.17 bits per heavy atom. The van der Waals surface area contributed by atoms with Crippen LogP contribution in [0.3, 0.4) is 0 Å². The van der Waals surface area contributed by atoms with Gasteiger partial charge in [0.05, 0.1) is 12.2 Å². The lowest BCUT2D eigenvalue weighted by atomic mass is 9.96. The summed E-state index contributed by atoms with van der Waals surface area (Å²) in [7, 11) is 0. The molecule has 0 bridgehead atoms. The highest BCUT2D eigenvalue weighted by Gasteiger charge is 2.46. The Hall–Kier alpha value is -2.21. The molecule has 1 saturated heterocycles. The highest BCUT2D eigenvalue weighted by molar-refractivity contribution is 5.87. The molecule has 1 aromatic heterocycles. The van der Waals surface area contributed by atoms with E-state index in [2.05, 4.69) is 0 Å². The number of fused-ring (bicyclic) bond motifs is 2. The van der Waals surface area contributed by atoms with Crippen molar-refractivity contribution in [2.45, 2.75) is 62.7 Å². The van der Waals surface area contributed by atoms with Gasteiger partial charge >= 0.3 is 5.63 Å². The van der Waals surface area contributed by atoms with Crippen LogP contribution in [0.5, 0.6) is 11.5 Å².